The fourth-order valence-electron chi connectivity index (χ4n) is 2.57. The van der Waals surface area contributed by atoms with E-state index >= 15 is 0 Å². The molecule has 22 heavy (non-hydrogen) atoms. The molecule has 0 aliphatic carbocycles. The van der Waals surface area contributed by atoms with E-state index in [1.54, 1.807) is 30.3 Å². The zero-order valence-corrected chi connectivity index (χ0v) is 13.5. The lowest BCUT2D eigenvalue weighted by Crippen LogP contribution is -2.56. The van der Waals surface area contributed by atoms with Crippen LogP contribution in [0.25, 0.3) is 0 Å². The Morgan fingerprint density at radius 2 is 1.77 bits per heavy atom. The molecule has 0 fully saturated rings. The molecular formula is C17H23NO4. The Morgan fingerprint density at radius 3 is 2.23 bits per heavy atom. The van der Waals surface area contributed by atoms with Crippen LogP contribution >= 0.6 is 0 Å². The molecule has 1 rings (SSSR count). The minimum absolute atomic E-state index is 0.0869. The Bertz CT molecular complexity index is 539. The van der Waals surface area contributed by atoms with Gasteiger partial charge in [0.25, 0.3) is 5.91 Å². The summed E-state index contributed by atoms with van der Waals surface area (Å²) in [7, 11) is 1.26. The number of hydrogen-bond donors (Lipinski definition) is 1. The van der Waals surface area contributed by atoms with Gasteiger partial charge in [0.05, 0.1) is 7.11 Å². The standard InChI is InChI=1S/C17H23NO4/c1-12(2)10-17(11-13(3)19,16(21)22-4)18-15(20)14-8-6-5-7-9-14/h5-9,12H,10-11H2,1-4H3,(H,18,20). The third kappa shape index (κ3) is 4.69. The predicted molar refractivity (Wildman–Crippen MR) is 83.4 cm³/mol. The molecule has 5 heteroatoms. The van der Waals surface area contributed by atoms with Gasteiger partial charge >= 0.3 is 5.97 Å². The van der Waals surface area contributed by atoms with Gasteiger partial charge < -0.3 is 10.1 Å². The predicted octanol–water partition coefficient (Wildman–Crippen LogP) is 2.35. The summed E-state index contributed by atoms with van der Waals surface area (Å²) in [6, 6.07) is 8.58. The van der Waals surface area contributed by atoms with Crippen molar-refractivity contribution in [3.63, 3.8) is 0 Å². The number of carbonyl (C=O) groups excluding carboxylic acids is 3. The fraction of sp³-hybridized carbons (Fsp3) is 0.471. The molecule has 0 bridgehead atoms. The van der Waals surface area contributed by atoms with Crippen molar-refractivity contribution < 1.29 is 19.1 Å². The summed E-state index contributed by atoms with van der Waals surface area (Å²) in [6.07, 6.45) is 0.244. The first-order valence-electron chi connectivity index (χ1n) is 7.26. The number of ketones is 1. The van der Waals surface area contributed by atoms with Crippen LogP contribution in [-0.2, 0) is 14.3 Å². The van der Waals surface area contributed by atoms with Gasteiger partial charge in [-0.1, -0.05) is 32.0 Å². The number of rotatable bonds is 7. The van der Waals surface area contributed by atoms with E-state index in [2.05, 4.69) is 5.32 Å². The fourth-order valence-corrected chi connectivity index (χ4v) is 2.57. The maximum absolute atomic E-state index is 12.4. The highest BCUT2D eigenvalue weighted by atomic mass is 16.5. The second kappa shape index (κ2) is 7.73. The van der Waals surface area contributed by atoms with Crippen LogP contribution in [0.15, 0.2) is 30.3 Å². The lowest BCUT2D eigenvalue weighted by Gasteiger charge is -2.32. The van der Waals surface area contributed by atoms with E-state index in [0.29, 0.717) is 12.0 Å². The largest absolute Gasteiger partial charge is 0.467 e. The summed E-state index contributed by atoms with van der Waals surface area (Å²) in [4.78, 5) is 36.3. The van der Waals surface area contributed by atoms with Gasteiger partial charge in [-0.15, -0.1) is 0 Å². The minimum atomic E-state index is -1.33. The minimum Gasteiger partial charge on any atom is -0.467 e. The maximum Gasteiger partial charge on any atom is 0.332 e. The van der Waals surface area contributed by atoms with Crippen molar-refractivity contribution in [1.82, 2.24) is 5.32 Å². The van der Waals surface area contributed by atoms with E-state index in [1.165, 1.54) is 14.0 Å². The van der Waals surface area contributed by atoms with E-state index in [0.717, 1.165) is 0 Å². The molecule has 1 amide bonds. The number of nitrogens with one attached hydrogen (secondary N) is 1. The number of methoxy groups -OCH3 is 1. The summed E-state index contributed by atoms with van der Waals surface area (Å²) >= 11 is 0. The number of ether oxygens (including phenoxy) is 1. The molecular weight excluding hydrogens is 282 g/mol. The molecule has 0 radical (unpaired) electrons. The second-order valence-corrected chi connectivity index (χ2v) is 5.87. The van der Waals surface area contributed by atoms with Gasteiger partial charge in [0.2, 0.25) is 0 Å². The lowest BCUT2D eigenvalue weighted by molar-refractivity contribution is -0.150. The molecule has 1 unspecified atom stereocenters. The molecule has 1 atom stereocenters. The van der Waals surface area contributed by atoms with Gasteiger partial charge in [-0.2, -0.15) is 0 Å². The van der Waals surface area contributed by atoms with Gasteiger partial charge in [-0.25, -0.2) is 4.79 Å². The van der Waals surface area contributed by atoms with Crippen molar-refractivity contribution in [3.05, 3.63) is 35.9 Å². The molecule has 1 aromatic rings. The summed E-state index contributed by atoms with van der Waals surface area (Å²) in [6.45, 7) is 5.24. The molecule has 0 aromatic heterocycles. The molecule has 0 aliphatic rings. The van der Waals surface area contributed by atoms with Gasteiger partial charge in [0.15, 0.2) is 0 Å². The molecule has 5 nitrogen and oxygen atoms in total. The third-order valence-electron chi connectivity index (χ3n) is 3.27. The highest BCUT2D eigenvalue weighted by Crippen LogP contribution is 2.24. The van der Waals surface area contributed by atoms with Crippen molar-refractivity contribution >= 4 is 17.7 Å². The summed E-state index contributed by atoms with van der Waals surface area (Å²) in [5, 5.41) is 2.73. The van der Waals surface area contributed by atoms with Crippen LogP contribution in [0.4, 0.5) is 0 Å². The van der Waals surface area contributed by atoms with Crippen LogP contribution in [-0.4, -0.2) is 30.3 Å². The highest BCUT2D eigenvalue weighted by Gasteiger charge is 2.42. The topological polar surface area (TPSA) is 72.5 Å². The number of hydrogen-bond acceptors (Lipinski definition) is 4. The molecule has 0 saturated carbocycles. The van der Waals surface area contributed by atoms with Gasteiger partial charge in [-0.05, 0) is 31.4 Å². The van der Waals surface area contributed by atoms with E-state index < -0.39 is 17.4 Å². The van der Waals surface area contributed by atoms with Gasteiger partial charge in [-0.3, -0.25) is 9.59 Å². The summed E-state index contributed by atoms with van der Waals surface area (Å²) in [5.41, 5.74) is -0.898. The Kier molecular flexibility index (Phi) is 6.28. The Hall–Kier alpha value is -2.17. The zero-order chi connectivity index (χ0) is 16.8. The Balaban J connectivity index is 3.14. The van der Waals surface area contributed by atoms with Crippen LogP contribution in [0.2, 0.25) is 0 Å². The Morgan fingerprint density at radius 1 is 1.18 bits per heavy atom. The number of benzene rings is 1. The molecule has 120 valence electrons. The molecule has 1 aromatic carbocycles. The molecule has 0 saturated heterocycles. The first-order chi connectivity index (χ1) is 10.3. The van der Waals surface area contributed by atoms with Crippen molar-refractivity contribution in [2.24, 2.45) is 5.92 Å². The van der Waals surface area contributed by atoms with Crippen molar-refractivity contribution in [1.29, 1.82) is 0 Å². The van der Waals surface area contributed by atoms with Gasteiger partial charge in [0.1, 0.15) is 11.3 Å². The SMILES string of the molecule is COC(=O)C(CC(C)=O)(CC(C)C)NC(=O)c1ccccc1. The summed E-state index contributed by atoms with van der Waals surface area (Å²) < 4.78 is 4.85. The molecule has 0 aliphatic heterocycles. The lowest BCUT2D eigenvalue weighted by atomic mass is 9.84. The second-order valence-electron chi connectivity index (χ2n) is 5.87. The van der Waals surface area contributed by atoms with E-state index in [-0.39, 0.29) is 18.1 Å². The van der Waals surface area contributed by atoms with Crippen LogP contribution in [0.1, 0.15) is 44.0 Å². The Labute approximate surface area is 131 Å². The van der Waals surface area contributed by atoms with E-state index in [9.17, 15) is 14.4 Å². The zero-order valence-electron chi connectivity index (χ0n) is 13.5. The highest BCUT2D eigenvalue weighted by molar-refractivity contribution is 5.99. The van der Waals surface area contributed by atoms with E-state index in [4.69, 9.17) is 4.74 Å². The number of Topliss-reactive ketones (excluding diaryl/α,β-unsaturated/α-hetero) is 1. The van der Waals surface area contributed by atoms with Crippen LogP contribution in [0.3, 0.4) is 0 Å². The van der Waals surface area contributed by atoms with Crippen molar-refractivity contribution in [2.75, 3.05) is 7.11 Å². The van der Waals surface area contributed by atoms with Crippen molar-refractivity contribution in [3.8, 4) is 0 Å². The van der Waals surface area contributed by atoms with Crippen LogP contribution in [0, 0.1) is 5.92 Å². The molecule has 1 N–H and O–H groups in total. The average molecular weight is 305 g/mol. The smallest absolute Gasteiger partial charge is 0.332 e. The van der Waals surface area contributed by atoms with Crippen LogP contribution < -0.4 is 5.32 Å². The van der Waals surface area contributed by atoms with E-state index in [1.807, 2.05) is 13.8 Å². The quantitative estimate of drug-likeness (QED) is 0.785. The van der Waals surface area contributed by atoms with Gasteiger partial charge in [0, 0.05) is 12.0 Å². The molecule has 0 spiro atoms. The number of carbonyl (C=O) groups is 3. The summed E-state index contributed by atoms with van der Waals surface area (Å²) in [5.74, 6) is -1.07. The maximum atomic E-state index is 12.4. The average Bonchev–Trinajstić information content (AvgIpc) is 2.45. The van der Waals surface area contributed by atoms with Crippen molar-refractivity contribution in [2.45, 2.75) is 39.2 Å². The number of esters is 1. The molecule has 0 heterocycles. The number of amides is 1. The first kappa shape index (κ1) is 17.9. The first-order valence-corrected chi connectivity index (χ1v) is 7.26. The third-order valence-corrected chi connectivity index (χ3v) is 3.27. The van der Waals surface area contributed by atoms with Crippen LogP contribution in [0.5, 0.6) is 0 Å². The normalized spacial score (nSPS) is 13.3. The monoisotopic (exact) mass is 305 g/mol.